The van der Waals surface area contributed by atoms with Crippen molar-refractivity contribution in [2.45, 2.75) is 31.2 Å². The molecule has 1 rings (SSSR count). The lowest BCUT2D eigenvalue weighted by molar-refractivity contribution is 0.572. The second-order valence-electron chi connectivity index (χ2n) is 3.53. The Morgan fingerprint density at radius 1 is 1.38 bits per heavy atom. The van der Waals surface area contributed by atoms with Gasteiger partial charge in [-0.25, -0.2) is 18.1 Å². The highest BCUT2D eigenvalue weighted by Gasteiger charge is 2.13. The highest BCUT2D eigenvalue weighted by atomic mass is 32.2. The Kier molecular flexibility index (Phi) is 4.70. The number of nitrogens with zero attached hydrogens (tertiary/aromatic N) is 1. The number of nitrogens with one attached hydrogen (secondary N) is 1. The van der Waals surface area contributed by atoms with Crippen molar-refractivity contribution in [2.24, 2.45) is 0 Å². The van der Waals surface area contributed by atoms with Crippen molar-refractivity contribution < 1.29 is 8.42 Å². The molecule has 0 aliphatic carbocycles. The van der Waals surface area contributed by atoms with E-state index >= 15 is 0 Å². The largest absolute Gasteiger partial charge is 0.397 e. The maximum absolute atomic E-state index is 11.7. The van der Waals surface area contributed by atoms with Crippen LogP contribution in [0.15, 0.2) is 23.4 Å². The molecule has 6 heteroatoms. The van der Waals surface area contributed by atoms with E-state index in [-0.39, 0.29) is 5.03 Å². The molecule has 0 radical (unpaired) electrons. The molecule has 1 heterocycles. The van der Waals surface area contributed by atoms with Crippen LogP contribution in [0.25, 0.3) is 0 Å². The summed E-state index contributed by atoms with van der Waals surface area (Å²) in [5, 5.41) is 0.0122. The number of nitrogens with two attached hydrogens (primary N) is 1. The summed E-state index contributed by atoms with van der Waals surface area (Å²) < 4.78 is 25.9. The van der Waals surface area contributed by atoms with Gasteiger partial charge in [-0.05, 0) is 18.6 Å². The molecule has 5 nitrogen and oxygen atoms in total. The van der Waals surface area contributed by atoms with Crippen molar-refractivity contribution in [3.63, 3.8) is 0 Å². The summed E-state index contributed by atoms with van der Waals surface area (Å²) in [4.78, 5) is 3.77. The van der Waals surface area contributed by atoms with Crippen molar-refractivity contribution in [1.82, 2.24) is 9.71 Å². The van der Waals surface area contributed by atoms with Crippen LogP contribution in [-0.2, 0) is 10.0 Å². The molecule has 90 valence electrons. The second kappa shape index (κ2) is 5.81. The summed E-state index contributed by atoms with van der Waals surface area (Å²) in [6, 6.07) is 2.92. The fourth-order valence-corrected chi connectivity index (χ4v) is 2.21. The molecular weight excluding hydrogens is 226 g/mol. The molecule has 0 saturated heterocycles. The Bertz CT molecular complexity index is 414. The summed E-state index contributed by atoms with van der Waals surface area (Å²) >= 11 is 0. The predicted octanol–water partition coefficient (Wildman–Crippen LogP) is 1.13. The van der Waals surface area contributed by atoms with E-state index in [9.17, 15) is 8.42 Å². The third-order valence-corrected chi connectivity index (χ3v) is 3.48. The maximum atomic E-state index is 11.7. The SMILES string of the molecule is CCCCCNS(=O)(=O)c1ccc(N)cn1. The van der Waals surface area contributed by atoms with Gasteiger partial charge in [-0.1, -0.05) is 19.8 Å². The number of nitrogen functional groups attached to an aromatic ring is 1. The van der Waals surface area contributed by atoms with Crippen molar-refractivity contribution >= 4 is 15.7 Å². The van der Waals surface area contributed by atoms with E-state index in [0.717, 1.165) is 19.3 Å². The van der Waals surface area contributed by atoms with E-state index in [1.165, 1.54) is 18.3 Å². The fourth-order valence-electron chi connectivity index (χ4n) is 1.21. The van der Waals surface area contributed by atoms with Crippen LogP contribution < -0.4 is 10.5 Å². The van der Waals surface area contributed by atoms with Gasteiger partial charge in [0.2, 0.25) is 0 Å². The van der Waals surface area contributed by atoms with Gasteiger partial charge in [-0.2, -0.15) is 0 Å². The first-order chi connectivity index (χ1) is 7.56. The average Bonchev–Trinajstić information content (AvgIpc) is 2.25. The number of aromatic nitrogens is 1. The maximum Gasteiger partial charge on any atom is 0.258 e. The first-order valence-corrected chi connectivity index (χ1v) is 6.76. The Hall–Kier alpha value is -1.14. The van der Waals surface area contributed by atoms with Crippen LogP contribution >= 0.6 is 0 Å². The predicted molar refractivity (Wildman–Crippen MR) is 63.4 cm³/mol. The quantitative estimate of drug-likeness (QED) is 0.733. The molecule has 0 saturated carbocycles. The second-order valence-corrected chi connectivity index (χ2v) is 5.25. The minimum Gasteiger partial charge on any atom is -0.397 e. The highest BCUT2D eigenvalue weighted by Crippen LogP contribution is 2.07. The molecule has 0 spiro atoms. The first kappa shape index (κ1) is 12.9. The number of hydrogen-bond acceptors (Lipinski definition) is 4. The van der Waals surface area contributed by atoms with E-state index in [4.69, 9.17) is 5.73 Å². The average molecular weight is 243 g/mol. The Morgan fingerprint density at radius 2 is 2.12 bits per heavy atom. The number of pyridine rings is 1. The number of unbranched alkanes of at least 4 members (excludes halogenated alkanes) is 2. The van der Waals surface area contributed by atoms with Crippen LogP contribution in [-0.4, -0.2) is 19.9 Å². The van der Waals surface area contributed by atoms with Gasteiger partial charge in [0.05, 0.1) is 11.9 Å². The molecule has 3 N–H and O–H groups in total. The number of hydrogen-bond donors (Lipinski definition) is 2. The van der Waals surface area contributed by atoms with E-state index in [2.05, 4.69) is 16.6 Å². The molecule has 1 aromatic rings. The lowest BCUT2D eigenvalue weighted by atomic mass is 10.3. The normalized spacial score (nSPS) is 11.6. The lowest BCUT2D eigenvalue weighted by Gasteiger charge is -2.05. The van der Waals surface area contributed by atoms with Gasteiger partial charge >= 0.3 is 0 Å². The standard InChI is InChI=1S/C10H17N3O2S/c1-2-3-4-7-13-16(14,15)10-6-5-9(11)8-12-10/h5-6,8,13H,2-4,7,11H2,1H3. The van der Waals surface area contributed by atoms with Crippen molar-refractivity contribution in [1.29, 1.82) is 0 Å². The summed E-state index contributed by atoms with van der Waals surface area (Å²) in [5.41, 5.74) is 5.88. The van der Waals surface area contributed by atoms with Crippen LogP contribution in [0, 0.1) is 0 Å². The van der Waals surface area contributed by atoms with Gasteiger partial charge < -0.3 is 5.73 Å². The Labute approximate surface area is 96.1 Å². The Morgan fingerprint density at radius 3 is 2.69 bits per heavy atom. The monoisotopic (exact) mass is 243 g/mol. The van der Waals surface area contributed by atoms with Crippen LogP contribution in [0.2, 0.25) is 0 Å². The van der Waals surface area contributed by atoms with Crippen LogP contribution in [0.4, 0.5) is 5.69 Å². The van der Waals surface area contributed by atoms with Crippen LogP contribution in [0.1, 0.15) is 26.2 Å². The van der Waals surface area contributed by atoms with Crippen molar-refractivity contribution in [2.75, 3.05) is 12.3 Å². The van der Waals surface area contributed by atoms with Gasteiger partial charge in [0.1, 0.15) is 0 Å². The lowest BCUT2D eigenvalue weighted by Crippen LogP contribution is -2.25. The molecule has 0 amide bonds. The zero-order valence-corrected chi connectivity index (χ0v) is 10.1. The number of rotatable bonds is 6. The summed E-state index contributed by atoms with van der Waals surface area (Å²) in [7, 11) is -3.47. The van der Waals surface area contributed by atoms with Crippen LogP contribution in [0.3, 0.4) is 0 Å². The summed E-state index contributed by atoms with van der Waals surface area (Å²) in [6.07, 6.45) is 4.24. The van der Waals surface area contributed by atoms with Crippen LogP contribution in [0.5, 0.6) is 0 Å². The molecular formula is C10H17N3O2S. The topological polar surface area (TPSA) is 85.1 Å². The summed E-state index contributed by atoms with van der Waals surface area (Å²) in [6.45, 7) is 2.51. The fraction of sp³-hybridized carbons (Fsp3) is 0.500. The van der Waals surface area contributed by atoms with Crippen molar-refractivity contribution in [3.8, 4) is 0 Å². The minimum atomic E-state index is -3.47. The third kappa shape index (κ3) is 3.79. The Balaban J connectivity index is 2.60. The molecule has 0 atom stereocenters. The molecule has 0 fully saturated rings. The summed E-state index contributed by atoms with van der Waals surface area (Å²) in [5.74, 6) is 0. The van der Waals surface area contributed by atoms with E-state index in [1.54, 1.807) is 0 Å². The molecule has 1 aromatic heterocycles. The molecule has 0 bridgehead atoms. The van der Waals surface area contributed by atoms with E-state index < -0.39 is 10.0 Å². The zero-order valence-electron chi connectivity index (χ0n) is 9.31. The van der Waals surface area contributed by atoms with Gasteiger partial charge in [-0.3, -0.25) is 0 Å². The van der Waals surface area contributed by atoms with Gasteiger partial charge in [-0.15, -0.1) is 0 Å². The number of anilines is 1. The molecule has 16 heavy (non-hydrogen) atoms. The van der Waals surface area contributed by atoms with Gasteiger partial charge in [0.25, 0.3) is 10.0 Å². The molecule has 0 unspecified atom stereocenters. The first-order valence-electron chi connectivity index (χ1n) is 5.27. The third-order valence-electron chi connectivity index (χ3n) is 2.11. The number of sulfonamides is 1. The van der Waals surface area contributed by atoms with Crippen molar-refractivity contribution in [3.05, 3.63) is 18.3 Å². The smallest absolute Gasteiger partial charge is 0.258 e. The zero-order chi connectivity index (χ0) is 12.0. The van der Waals surface area contributed by atoms with E-state index in [1.807, 2.05) is 0 Å². The minimum absolute atomic E-state index is 0.0122. The molecule has 0 aliphatic rings. The van der Waals surface area contributed by atoms with Gasteiger partial charge in [0, 0.05) is 6.54 Å². The van der Waals surface area contributed by atoms with E-state index in [0.29, 0.717) is 12.2 Å². The highest BCUT2D eigenvalue weighted by molar-refractivity contribution is 7.89. The van der Waals surface area contributed by atoms with Gasteiger partial charge in [0.15, 0.2) is 5.03 Å². The molecule has 0 aromatic carbocycles. The molecule has 0 aliphatic heterocycles.